The molecule has 0 aliphatic heterocycles. The van der Waals surface area contributed by atoms with Crippen LogP contribution in [-0.2, 0) is 6.54 Å². The number of hydrogen-bond donors (Lipinski definition) is 1. The molecule has 0 spiro atoms. The van der Waals surface area contributed by atoms with E-state index >= 15 is 0 Å². The van der Waals surface area contributed by atoms with Crippen LogP contribution in [0.2, 0.25) is 0 Å². The Bertz CT molecular complexity index is 635. The van der Waals surface area contributed by atoms with Crippen molar-refractivity contribution >= 4 is 21.8 Å². The van der Waals surface area contributed by atoms with Crippen LogP contribution in [0.3, 0.4) is 0 Å². The van der Waals surface area contributed by atoms with E-state index in [2.05, 4.69) is 21.2 Å². The van der Waals surface area contributed by atoms with E-state index in [-0.39, 0.29) is 11.7 Å². The molecule has 0 heterocycles. The van der Waals surface area contributed by atoms with Crippen LogP contribution in [0, 0.1) is 19.7 Å². The number of aryl methyl sites for hydroxylation is 2. The summed E-state index contributed by atoms with van der Waals surface area (Å²) in [6.45, 7) is 3.94. The Morgan fingerprint density at radius 3 is 2.60 bits per heavy atom. The number of carbonyl (C=O) groups is 1. The molecule has 2 rings (SSSR count). The van der Waals surface area contributed by atoms with Gasteiger partial charge in [-0.05, 0) is 54.8 Å². The van der Waals surface area contributed by atoms with Gasteiger partial charge in [0.05, 0.1) is 0 Å². The van der Waals surface area contributed by atoms with Gasteiger partial charge in [-0.2, -0.15) is 0 Å². The Hall–Kier alpha value is -1.68. The summed E-state index contributed by atoms with van der Waals surface area (Å²) in [6.07, 6.45) is 0. The fraction of sp³-hybridized carbons (Fsp3) is 0.188. The minimum Gasteiger partial charge on any atom is -0.348 e. The van der Waals surface area contributed by atoms with Crippen LogP contribution >= 0.6 is 15.9 Å². The van der Waals surface area contributed by atoms with Crippen LogP contribution in [0.5, 0.6) is 0 Å². The van der Waals surface area contributed by atoms with E-state index in [9.17, 15) is 9.18 Å². The van der Waals surface area contributed by atoms with Crippen molar-refractivity contribution in [3.63, 3.8) is 0 Å². The molecule has 0 saturated heterocycles. The average molecular weight is 336 g/mol. The van der Waals surface area contributed by atoms with Crippen LogP contribution in [0.15, 0.2) is 40.9 Å². The fourth-order valence-electron chi connectivity index (χ4n) is 1.90. The number of hydrogen-bond acceptors (Lipinski definition) is 1. The van der Waals surface area contributed by atoms with Crippen molar-refractivity contribution in [1.82, 2.24) is 5.32 Å². The molecule has 0 bridgehead atoms. The smallest absolute Gasteiger partial charge is 0.251 e. The van der Waals surface area contributed by atoms with E-state index in [4.69, 9.17) is 0 Å². The minimum absolute atomic E-state index is 0.171. The molecule has 0 aliphatic rings. The summed E-state index contributed by atoms with van der Waals surface area (Å²) in [4.78, 5) is 12.0. The largest absolute Gasteiger partial charge is 0.348 e. The molecule has 0 aliphatic carbocycles. The normalized spacial score (nSPS) is 10.4. The highest BCUT2D eigenvalue weighted by atomic mass is 79.9. The lowest BCUT2D eigenvalue weighted by molar-refractivity contribution is 0.0950. The highest BCUT2D eigenvalue weighted by Crippen LogP contribution is 2.15. The van der Waals surface area contributed by atoms with Crippen molar-refractivity contribution in [3.05, 3.63) is 68.9 Å². The number of carbonyl (C=O) groups excluding carboxylic acids is 1. The van der Waals surface area contributed by atoms with Crippen molar-refractivity contribution < 1.29 is 9.18 Å². The molecule has 0 atom stereocenters. The molecule has 20 heavy (non-hydrogen) atoms. The summed E-state index contributed by atoms with van der Waals surface area (Å²) in [5.74, 6) is -0.426. The van der Waals surface area contributed by atoms with E-state index in [1.165, 1.54) is 6.07 Å². The van der Waals surface area contributed by atoms with Crippen LogP contribution < -0.4 is 5.32 Å². The third kappa shape index (κ3) is 3.67. The number of rotatable bonds is 3. The zero-order valence-electron chi connectivity index (χ0n) is 11.3. The van der Waals surface area contributed by atoms with E-state index in [1.807, 2.05) is 25.1 Å². The van der Waals surface area contributed by atoms with E-state index in [0.717, 1.165) is 15.6 Å². The summed E-state index contributed by atoms with van der Waals surface area (Å²) in [5.41, 5.74) is 2.94. The van der Waals surface area contributed by atoms with Crippen molar-refractivity contribution in [2.24, 2.45) is 0 Å². The predicted octanol–water partition coefficient (Wildman–Crippen LogP) is 4.14. The molecule has 104 valence electrons. The van der Waals surface area contributed by atoms with Gasteiger partial charge in [0.2, 0.25) is 0 Å². The third-order valence-electron chi connectivity index (χ3n) is 2.99. The number of amides is 1. The highest BCUT2D eigenvalue weighted by Gasteiger charge is 2.07. The maximum absolute atomic E-state index is 13.4. The Balaban J connectivity index is 2.06. The predicted molar refractivity (Wildman–Crippen MR) is 81.2 cm³/mol. The molecule has 2 aromatic carbocycles. The van der Waals surface area contributed by atoms with Gasteiger partial charge in [0.25, 0.3) is 5.91 Å². The molecular weight excluding hydrogens is 321 g/mol. The van der Waals surface area contributed by atoms with Gasteiger partial charge in [-0.15, -0.1) is 0 Å². The molecule has 0 unspecified atom stereocenters. The second-order valence-electron chi connectivity index (χ2n) is 4.78. The second-order valence-corrected chi connectivity index (χ2v) is 5.70. The molecule has 2 aromatic rings. The van der Waals surface area contributed by atoms with Gasteiger partial charge in [0.1, 0.15) is 5.82 Å². The average Bonchev–Trinajstić information content (AvgIpc) is 2.38. The van der Waals surface area contributed by atoms with E-state index in [1.54, 1.807) is 19.1 Å². The summed E-state index contributed by atoms with van der Waals surface area (Å²) in [7, 11) is 0. The summed E-state index contributed by atoms with van der Waals surface area (Å²) >= 11 is 3.37. The number of nitrogens with one attached hydrogen (secondary N) is 1. The molecular formula is C16H15BrFNO. The zero-order valence-corrected chi connectivity index (χ0v) is 12.9. The fourth-order valence-corrected chi connectivity index (χ4v) is 2.51. The molecule has 0 saturated carbocycles. The van der Waals surface area contributed by atoms with Gasteiger partial charge in [0, 0.05) is 16.6 Å². The van der Waals surface area contributed by atoms with Gasteiger partial charge in [-0.1, -0.05) is 28.1 Å². The number of halogens is 2. The molecule has 2 nitrogen and oxygen atoms in total. The van der Waals surface area contributed by atoms with Crippen molar-refractivity contribution in [2.45, 2.75) is 20.4 Å². The SMILES string of the molecule is Cc1cc(Br)cc(C(=O)NCc2ccc(C)c(F)c2)c1. The van der Waals surface area contributed by atoms with Gasteiger partial charge >= 0.3 is 0 Å². The van der Waals surface area contributed by atoms with Crippen LogP contribution in [0.4, 0.5) is 4.39 Å². The van der Waals surface area contributed by atoms with Crippen molar-refractivity contribution in [2.75, 3.05) is 0 Å². The highest BCUT2D eigenvalue weighted by molar-refractivity contribution is 9.10. The standard InChI is InChI=1S/C16H15BrFNO/c1-10-5-13(8-14(17)6-10)16(20)19-9-12-4-3-11(2)15(18)7-12/h3-8H,9H2,1-2H3,(H,19,20). The van der Waals surface area contributed by atoms with Gasteiger partial charge in [-0.25, -0.2) is 4.39 Å². The van der Waals surface area contributed by atoms with Gasteiger partial charge in [-0.3, -0.25) is 4.79 Å². The Kier molecular flexibility index (Phi) is 4.55. The van der Waals surface area contributed by atoms with Gasteiger partial charge < -0.3 is 5.32 Å². The summed E-state index contributed by atoms with van der Waals surface area (Å²) < 4.78 is 14.3. The third-order valence-corrected chi connectivity index (χ3v) is 3.45. The maximum Gasteiger partial charge on any atom is 0.251 e. The first-order valence-electron chi connectivity index (χ1n) is 6.26. The molecule has 1 amide bonds. The Morgan fingerprint density at radius 2 is 1.95 bits per heavy atom. The monoisotopic (exact) mass is 335 g/mol. The van der Waals surface area contributed by atoms with Crippen LogP contribution in [-0.4, -0.2) is 5.91 Å². The number of benzene rings is 2. The second kappa shape index (κ2) is 6.18. The quantitative estimate of drug-likeness (QED) is 0.897. The molecule has 0 radical (unpaired) electrons. The lowest BCUT2D eigenvalue weighted by atomic mass is 10.1. The first kappa shape index (κ1) is 14.7. The molecule has 0 fully saturated rings. The molecule has 0 aromatic heterocycles. The lowest BCUT2D eigenvalue weighted by Gasteiger charge is -2.07. The first-order valence-corrected chi connectivity index (χ1v) is 7.05. The summed E-state index contributed by atoms with van der Waals surface area (Å²) in [5, 5.41) is 2.79. The summed E-state index contributed by atoms with van der Waals surface area (Å²) in [6, 6.07) is 10.5. The van der Waals surface area contributed by atoms with Gasteiger partial charge in [0.15, 0.2) is 0 Å². The Morgan fingerprint density at radius 1 is 1.20 bits per heavy atom. The molecule has 1 N–H and O–H groups in total. The van der Waals surface area contributed by atoms with Crippen LogP contribution in [0.25, 0.3) is 0 Å². The topological polar surface area (TPSA) is 29.1 Å². The zero-order chi connectivity index (χ0) is 14.7. The van der Waals surface area contributed by atoms with E-state index in [0.29, 0.717) is 17.7 Å². The maximum atomic E-state index is 13.4. The Labute approximate surface area is 126 Å². The van der Waals surface area contributed by atoms with Crippen molar-refractivity contribution in [3.8, 4) is 0 Å². The first-order chi connectivity index (χ1) is 9.45. The van der Waals surface area contributed by atoms with Crippen molar-refractivity contribution in [1.29, 1.82) is 0 Å². The van der Waals surface area contributed by atoms with Crippen LogP contribution in [0.1, 0.15) is 27.0 Å². The molecule has 4 heteroatoms. The lowest BCUT2D eigenvalue weighted by Crippen LogP contribution is -2.23. The minimum atomic E-state index is -0.255. The van der Waals surface area contributed by atoms with E-state index < -0.39 is 0 Å².